The molecule has 6 nitrogen and oxygen atoms in total. The molecule has 1 aromatic carbocycles. The number of thiazole rings is 1. The van der Waals surface area contributed by atoms with Gasteiger partial charge >= 0.3 is 0 Å². The lowest BCUT2D eigenvalue weighted by Crippen LogP contribution is -2.52. The Morgan fingerprint density at radius 2 is 2.00 bits per heavy atom. The van der Waals surface area contributed by atoms with Gasteiger partial charge in [0.15, 0.2) is 5.13 Å². The van der Waals surface area contributed by atoms with Crippen LogP contribution >= 0.6 is 11.3 Å². The molecule has 1 fully saturated rings. The molecule has 1 N–H and O–H groups in total. The normalized spacial score (nSPS) is 15.0. The SMILES string of the molecule is CNc1nc(C(=O)N2CCN(c3ccc(C)cc3)C(=O)C2)cs1. The number of nitrogens with one attached hydrogen (secondary N) is 1. The maximum absolute atomic E-state index is 12.4. The largest absolute Gasteiger partial charge is 0.365 e. The van der Waals surface area contributed by atoms with Gasteiger partial charge in [0.1, 0.15) is 12.2 Å². The highest BCUT2D eigenvalue weighted by Gasteiger charge is 2.29. The average Bonchev–Trinajstić information content (AvgIpc) is 3.04. The number of amides is 2. The lowest BCUT2D eigenvalue weighted by atomic mass is 10.2. The fraction of sp³-hybridized carbons (Fsp3) is 0.312. The summed E-state index contributed by atoms with van der Waals surface area (Å²) in [5.74, 6) is -0.267. The zero-order valence-electron chi connectivity index (χ0n) is 13.1. The van der Waals surface area contributed by atoms with Crippen LogP contribution in [0.5, 0.6) is 0 Å². The number of nitrogens with zero attached hydrogens (tertiary/aromatic N) is 3. The van der Waals surface area contributed by atoms with Crippen molar-refractivity contribution in [1.82, 2.24) is 9.88 Å². The number of benzene rings is 1. The van der Waals surface area contributed by atoms with E-state index < -0.39 is 0 Å². The molecule has 120 valence electrons. The number of hydrogen-bond acceptors (Lipinski definition) is 5. The minimum absolute atomic E-state index is 0.0717. The van der Waals surface area contributed by atoms with E-state index in [2.05, 4.69) is 10.3 Å². The number of piperazine rings is 1. The summed E-state index contributed by atoms with van der Waals surface area (Å²) >= 11 is 1.38. The standard InChI is InChI=1S/C16H18N4O2S/c1-11-3-5-12(6-4-11)20-8-7-19(9-14(20)21)15(22)13-10-23-16(17-2)18-13/h3-6,10H,7-9H2,1-2H3,(H,17,18). The Kier molecular flexibility index (Phi) is 4.29. The minimum Gasteiger partial charge on any atom is -0.365 e. The number of aryl methyl sites for hydroxylation is 1. The van der Waals surface area contributed by atoms with Crippen molar-refractivity contribution in [3.8, 4) is 0 Å². The molecule has 7 heteroatoms. The van der Waals surface area contributed by atoms with Crippen molar-refractivity contribution < 1.29 is 9.59 Å². The number of carbonyl (C=O) groups excluding carboxylic acids is 2. The van der Waals surface area contributed by atoms with Crippen LogP contribution in [0.1, 0.15) is 16.1 Å². The van der Waals surface area contributed by atoms with Crippen LogP contribution in [-0.4, -0.2) is 48.4 Å². The van der Waals surface area contributed by atoms with E-state index in [1.165, 1.54) is 11.3 Å². The second-order valence-corrected chi connectivity index (χ2v) is 6.25. The molecule has 2 heterocycles. The van der Waals surface area contributed by atoms with Crippen molar-refractivity contribution in [2.45, 2.75) is 6.92 Å². The molecule has 0 unspecified atom stereocenters. The van der Waals surface area contributed by atoms with Gasteiger partial charge in [-0.2, -0.15) is 0 Å². The molecule has 0 saturated carbocycles. The summed E-state index contributed by atoms with van der Waals surface area (Å²) in [4.78, 5) is 32.3. The van der Waals surface area contributed by atoms with Crippen molar-refractivity contribution in [2.24, 2.45) is 0 Å². The number of anilines is 2. The highest BCUT2D eigenvalue weighted by atomic mass is 32.1. The Balaban J connectivity index is 1.69. The molecule has 2 aromatic rings. The van der Waals surface area contributed by atoms with Crippen LogP contribution in [0.15, 0.2) is 29.6 Å². The zero-order chi connectivity index (χ0) is 16.4. The van der Waals surface area contributed by atoms with Crippen molar-refractivity contribution in [3.05, 3.63) is 40.9 Å². The first-order chi connectivity index (χ1) is 11.1. The van der Waals surface area contributed by atoms with Crippen LogP contribution in [0.2, 0.25) is 0 Å². The molecule has 0 aliphatic carbocycles. The van der Waals surface area contributed by atoms with Gasteiger partial charge in [-0.1, -0.05) is 17.7 Å². The Morgan fingerprint density at radius 3 is 2.61 bits per heavy atom. The third kappa shape index (κ3) is 3.19. The maximum Gasteiger partial charge on any atom is 0.273 e. The minimum atomic E-state index is -0.195. The summed E-state index contributed by atoms with van der Waals surface area (Å²) in [6, 6.07) is 7.83. The van der Waals surface area contributed by atoms with Crippen molar-refractivity contribution >= 4 is 34.0 Å². The Labute approximate surface area is 138 Å². The van der Waals surface area contributed by atoms with Gasteiger partial charge in [0.05, 0.1) is 0 Å². The first-order valence-corrected chi connectivity index (χ1v) is 8.26. The molecule has 1 aliphatic rings. The first-order valence-electron chi connectivity index (χ1n) is 7.38. The predicted octanol–water partition coefficient (Wildman–Crippen LogP) is 1.98. The van der Waals surface area contributed by atoms with Gasteiger partial charge in [-0.05, 0) is 19.1 Å². The maximum atomic E-state index is 12.4. The molecule has 1 saturated heterocycles. The fourth-order valence-electron chi connectivity index (χ4n) is 2.49. The molecular weight excluding hydrogens is 312 g/mol. The van der Waals surface area contributed by atoms with Crippen molar-refractivity contribution in [1.29, 1.82) is 0 Å². The highest BCUT2D eigenvalue weighted by Crippen LogP contribution is 2.20. The lowest BCUT2D eigenvalue weighted by molar-refractivity contribution is -0.120. The molecule has 1 aromatic heterocycles. The van der Waals surface area contributed by atoms with Crippen molar-refractivity contribution in [2.75, 3.05) is 36.9 Å². The predicted molar refractivity (Wildman–Crippen MR) is 91.1 cm³/mol. The summed E-state index contributed by atoms with van der Waals surface area (Å²) < 4.78 is 0. The second-order valence-electron chi connectivity index (χ2n) is 5.40. The van der Waals surface area contributed by atoms with E-state index in [1.54, 1.807) is 22.2 Å². The van der Waals surface area contributed by atoms with Crippen LogP contribution < -0.4 is 10.2 Å². The number of aromatic nitrogens is 1. The topological polar surface area (TPSA) is 65.5 Å². The van der Waals surface area contributed by atoms with Crippen LogP contribution in [-0.2, 0) is 4.79 Å². The van der Waals surface area contributed by atoms with Crippen LogP contribution in [0.3, 0.4) is 0 Å². The molecule has 0 spiro atoms. The lowest BCUT2D eigenvalue weighted by Gasteiger charge is -2.34. The number of carbonyl (C=O) groups is 2. The first kappa shape index (κ1) is 15.5. The van der Waals surface area contributed by atoms with E-state index in [0.29, 0.717) is 23.9 Å². The van der Waals surface area contributed by atoms with Gasteiger partial charge in [-0.15, -0.1) is 11.3 Å². The van der Waals surface area contributed by atoms with Gasteiger partial charge < -0.3 is 15.1 Å². The van der Waals surface area contributed by atoms with Gasteiger partial charge in [-0.25, -0.2) is 4.98 Å². The molecule has 3 rings (SSSR count). The van der Waals surface area contributed by atoms with Gasteiger partial charge in [0.2, 0.25) is 5.91 Å². The zero-order valence-corrected chi connectivity index (χ0v) is 13.9. The third-order valence-electron chi connectivity index (χ3n) is 3.79. The molecule has 1 aliphatic heterocycles. The summed E-state index contributed by atoms with van der Waals surface area (Å²) in [5.41, 5.74) is 2.41. The Hall–Kier alpha value is -2.41. The van der Waals surface area contributed by atoms with E-state index >= 15 is 0 Å². The summed E-state index contributed by atoms with van der Waals surface area (Å²) in [5, 5.41) is 5.31. The molecule has 0 bridgehead atoms. The monoisotopic (exact) mass is 330 g/mol. The average molecular weight is 330 g/mol. The Morgan fingerprint density at radius 1 is 1.26 bits per heavy atom. The van der Waals surface area contributed by atoms with E-state index in [-0.39, 0.29) is 18.4 Å². The van der Waals surface area contributed by atoms with E-state index in [4.69, 9.17) is 0 Å². The molecule has 0 atom stereocenters. The molecule has 2 amide bonds. The van der Waals surface area contributed by atoms with Gasteiger partial charge in [0.25, 0.3) is 5.91 Å². The summed E-state index contributed by atoms with van der Waals surface area (Å²) in [6.07, 6.45) is 0. The van der Waals surface area contributed by atoms with Gasteiger partial charge in [0, 0.05) is 31.2 Å². The smallest absolute Gasteiger partial charge is 0.273 e. The van der Waals surface area contributed by atoms with E-state index in [1.807, 2.05) is 31.2 Å². The third-order valence-corrected chi connectivity index (χ3v) is 4.65. The van der Waals surface area contributed by atoms with E-state index in [0.717, 1.165) is 11.3 Å². The number of rotatable bonds is 3. The highest BCUT2D eigenvalue weighted by molar-refractivity contribution is 7.13. The molecule has 0 radical (unpaired) electrons. The summed E-state index contributed by atoms with van der Waals surface area (Å²) in [6.45, 7) is 3.09. The molecule has 23 heavy (non-hydrogen) atoms. The summed E-state index contributed by atoms with van der Waals surface area (Å²) in [7, 11) is 1.76. The van der Waals surface area contributed by atoms with Crippen LogP contribution in [0.4, 0.5) is 10.8 Å². The molecular formula is C16H18N4O2S. The Bertz CT molecular complexity index is 726. The number of hydrogen-bond donors (Lipinski definition) is 1. The van der Waals surface area contributed by atoms with Gasteiger partial charge in [-0.3, -0.25) is 9.59 Å². The van der Waals surface area contributed by atoms with Crippen LogP contribution in [0.25, 0.3) is 0 Å². The van der Waals surface area contributed by atoms with E-state index in [9.17, 15) is 9.59 Å². The van der Waals surface area contributed by atoms with Crippen LogP contribution in [0, 0.1) is 6.92 Å². The fourth-order valence-corrected chi connectivity index (χ4v) is 3.14. The quantitative estimate of drug-likeness (QED) is 0.934. The van der Waals surface area contributed by atoms with Crippen molar-refractivity contribution in [3.63, 3.8) is 0 Å². The second kappa shape index (κ2) is 6.37.